The first-order chi connectivity index (χ1) is 9.79. The molecular formula is C15H26N4S. The molecule has 3 rings (SSSR count). The maximum atomic E-state index is 5.49. The van der Waals surface area contributed by atoms with Gasteiger partial charge in [0.25, 0.3) is 0 Å². The second kappa shape index (κ2) is 6.29. The van der Waals surface area contributed by atoms with Crippen LogP contribution in [0.5, 0.6) is 0 Å². The topological polar surface area (TPSA) is 36.9 Å². The standard InChI is InChI=1S/C15H26N4S/c1-2-6-12-9-10-18(11-12)14-16-17-15(20)19(14)13-7-4-3-5-8-13/h12-13H,2-11H2,1H3,(H,17,20). The Morgan fingerprint density at radius 1 is 1.25 bits per heavy atom. The Hall–Kier alpha value is -0.840. The van der Waals surface area contributed by atoms with E-state index in [9.17, 15) is 0 Å². The second-order valence-electron chi connectivity index (χ2n) is 6.38. The van der Waals surface area contributed by atoms with Crippen LogP contribution in [-0.4, -0.2) is 27.9 Å². The highest BCUT2D eigenvalue weighted by Gasteiger charge is 2.28. The number of aromatic amines is 1. The van der Waals surface area contributed by atoms with Crippen molar-refractivity contribution in [3.05, 3.63) is 4.77 Å². The Balaban J connectivity index is 1.78. The van der Waals surface area contributed by atoms with Gasteiger partial charge in [-0.3, -0.25) is 4.57 Å². The Labute approximate surface area is 126 Å². The second-order valence-corrected chi connectivity index (χ2v) is 6.77. The molecule has 2 heterocycles. The van der Waals surface area contributed by atoms with E-state index in [-0.39, 0.29) is 0 Å². The van der Waals surface area contributed by atoms with Gasteiger partial charge in [-0.1, -0.05) is 32.6 Å². The highest BCUT2D eigenvalue weighted by Crippen LogP contribution is 2.33. The van der Waals surface area contributed by atoms with Crippen LogP contribution in [0.15, 0.2) is 0 Å². The summed E-state index contributed by atoms with van der Waals surface area (Å²) >= 11 is 5.49. The first-order valence-electron chi connectivity index (χ1n) is 8.21. The molecule has 1 aromatic heterocycles. The molecule has 1 aliphatic carbocycles. The summed E-state index contributed by atoms with van der Waals surface area (Å²) in [4.78, 5) is 2.45. The van der Waals surface area contributed by atoms with E-state index in [1.54, 1.807) is 0 Å². The van der Waals surface area contributed by atoms with Crippen molar-refractivity contribution in [3.8, 4) is 0 Å². The van der Waals surface area contributed by atoms with Crippen LogP contribution in [0.2, 0.25) is 0 Å². The van der Waals surface area contributed by atoms with Crippen LogP contribution >= 0.6 is 12.2 Å². The van der Waals surface area contributed by atoms with Crippen LogP contribution in [0.3, 0.4) is 0 Å². The molecule has 0 spiro atoms. The molecule has 20 heavy (non-hydrogen) atoms. The molecule has 112 valence electrons. The van der Waals surface area contributed by atoms with Gasteiger partial charge in [-0.2, -0.15) is 0 Å². The molecule has 1 aliphatic heterocycles. The van der Waals surface area contributed by atoms with Gasteiger partial charge in [0, 0.05) is 19.1 Å². The van der Waals surface area contributed by atoms with E-state index in [1.165, 1.54) is 51.4 Å². The molecule has 1 atom stereocenters. The van der Waals surface area contributed by atoms with Gasteiger partial charge in [-0.05, 0) is 43.8 Å². The fourth-order valence-corrected chi connectivity index (χ4v) is 4.12. The van der Waals surface area contributed by atoms with E-state index >= 15 is 0 Å². The lowest BCUT2D eigenvalue weighted by molar-refractivity contribution is 0.350. The average molecular weight is 294 g/mol. The van der Waals surface area contributed by atoms with Crippen molar-refractivity contribution in [2.24, 2.45) is 5.92 Å². The molecule has 0 bridgehead atoms. The molecule has 1 saturated heterocycles. The van der Waals surface area contributed by atoms with Gasteiger partial charge in [-0.15, -0.1) is 5.10 Å². The molecule has 0 amide bonds. The number of H-pyrrole nitrogens is 1. The van der Waals surface area contributed by atoms with E-state index < -0.39 is 0 Å². The number of rotatable bonds is 4. The summed E-state index contributed by atoms with van der Waals surface area (Å²) < 4.78 is 3.12. The Bertz CT molecular complexity index is 486. The van der Waals surface area contributed by atoms with Crippen LogP contribution < -0.4 is 4.90 Å². The first-order valence-corrected chi connectivity index (χ1v) is 8.62. The van der Waals surface area contributed by atoms with Crippen LogP contribution in [0.4, 0.5) is 5.95 Å². The van der Waals surface area contributed by atoms with Gasteiger partial charge >= 0.3 is 0 Å². The minimum Gasteiger partial charge on any atom is -0.341 e. The molecule has 1 N–H and O–H groups in total. The molecule has 4 nitrogen and oxygen atoms in total. The minimum atomic E-state index is 0.565. The van der Waals surface area contributed by atoms with Crippen molar-refractivity contribution in [1.29, 1.82) is 0 Å². The summed E-state index contributed by atoms with van der Waals surface area (Å²) in [6.07, 6.45) is 10.5. The zero-order valence-electron chi connectivity index (χ0n) is 12.5. The number of nitrogens with zero attached hydrogens (tertiary/aromatic N) is 3. The molecule has 0 radical (unpaired) electrons. The number of hydrogen-bond acceptors (Lipinski definition) is 3. The van der Waals surface area contributed by atoms with Crippen LogP contribution in [0.25, 0.3) is 0 Å². The molecule has 2 fully saturated rings. The average Bonchev–Trinajstić information content (AvgIpc) is 3.07. The number of nitrogens with one attached hydrogen (secondary N) is 1. The fourth-order valence-electron chi connectivity index (χ4n) is 3.85. The minimum absolute atomic E-state index is 0.565. The van der Waals surface area contributed by atoms with E-state index in [2.05, 4.69) is 26.6 Å². The number of aromatic nitrogens is 3. The van der Waals surface area contributed by atoms with Gasteiger partial charge in [0.05, 0.1) is 0 Å². The zero-order valence-corrected chi connectivity index (χ0v) is 13.3. The predicted molar refractivity (Wildman–Crippen MR) is 84.8 cm³/mol. The smallest absolute Gasteiger partial charge is 0.225 e. The number of anilines is 1. The van der Waals surface area contributed by atoms with E-state index in [1.807, 2.05) is 0 Å². The molecule has 0 aromatic carbocycles. The largest absolute Gasteiger partial charge is 0.341 e. The monoisotopic (exact) mass is 294 g/mol. The first kappa shape index (κ1) is 14.1. The Morgan fingerprint density at radius 2 is 2.05 bits per heavy atom. The van der Waals surface area contributed by atoms with Crippen LogP contribution in [0, 0.1) is 10.7 Å². The molecular weight excluding hydrogens is 268 g/mol. The number of hydrogen-bond donors (Lipinski definition) is 1. The summed E-state index contributed by atoms with van der Waals surface area (Å²) in [5.41, 5.74) is 0. The zero-order chi connectivity index (χ0) is 13.9. The maximum absolute atomic E-state index is 5.49. The van der Waals surface area contributed by atoms with Crippen LogP contribution in [0.1, 0.15) is 64.3 Å². The molecule has 1 saturated carbocycles. The van der Waals surface area contributed by atoms with Crippen molar-refractivity contribution >= 4 is 18.2 Å². The van der Waals surface area contributed by atoms with Crippen LogP contribution in [-0.2, 0) is 0 Å². The highest BCUT2D eigenvalue weighted by molar-refractivity contribution is 7.71. The van der Waals surface area contributed by atoms with E-state index in [0.29, 0.717) is 6.04 Å². The summed E-state index contributed by atoms with van der Waals surface area (Å²) in [6.45, 7) is 4.57. The third-order valence-corrected chi connectivity index (χ3v) is 5.18. The third-order valence-electron chi connectivity index (χ3n) is 4.89. The summed E-state index contributed by atoms with van der Waals surface area (Å²) in [5, 5.41) is 7.57. The fraction of sp³-hybridized carbons (Fsp3) is 0.867. The van der Waals surface area contributed by atoms with Crippen molar-refractivity contribution in [1.82, 2.24) is 14.8 Å². The lowest BCUT2D eigenvalue weighted by Crippen LogP contribution is -2.26. The summed E-state index contributed by atoms with van der Waals surface area (Å²) in [7, 11) is 0. The predicted octanol–water partition coefficient (Wildman–Crippen LogP) is 4.07. The molecule has 1 aromatic rings. The Kier molecular flexibility index (Phi) is 4.44. The van der Waals surface area contributed by atoms with Crippen molar-refractivity contribution < 1.29 is 0 Å². The highest BCUT2D eigenvalue weighted by atomic mass is 32.1. The summed E-state index contributed by atoms with van der Waals surface area (Å²) in [6, 6.07) is 0.565. The molecule has 2 aliphatic rings. The van der Waals surface area contributed by atoms with Crippen molar-refractivity contribution in [2.45, 2.75) is 64.3 Å². The van der Waals surface area contributed by atoms with Crippen molar-refractivity contribution in [2.75, 3.05) is 18.0 Å². The Morgan fingerprint density at radius 3 is 2.80 bits per heavy atom. The van der Waals surface area contributed by atoms with Crippen molar-refractivity contribution in [3.63, 3.8) is 0 Å². The summed E-state index contributed by atoms with van der Waals surface area (Å²) in [5.74, 6) is 1.94. The van der Waals surface area contributed by atoms with Gasteiger partial charge < -0.3 is 4.90 Å². The van der Waals surface area contributed by atoms with Gasteiger partial charge in [0.1, 0.15) is 0 Å². The third kappa shape index (κ3) is 2.78. The molecule has 1 unspecified atom stereocenters. The maximum Gasteiger partial charge on any atom is 0.225 e. The van der Waals surface area contributed by atoms with Gasteiger partial charge in [0.15, 0.2) is 4.77 Å². The SMILES string of the molecule is CCCC1CCN(c2n[nH]c(=S)n2C2CCCCC2)C1. The lowest BCUT2D eigenvalue weighted by atomic mass is 9.95. The quantitative estimate of drug-likeness (QED) is 0.850. The van der Waals surface area contributed by atoms with Gasteiger partial charge in [-0.25, -0.2) is 5.10 Å². The molecule has 5 heteroatoms. The lowest BCUT2D eigenvalue weighted by Gasteiger charge is -2.27. The van der Waals surface area contributed by atoms with E-state index in [0.717, 1.165) is 29.7 Å². The van der Waals surface area contributed by atoms with E-state index in [4.69, 9.17) is 12.2 Å². The van der Waals surface area contributed by atoms with Gasteiger partial charge in [0.2, 0.25) is 5.95 Å². The normalized spacial score (nSPS) is 24.4.